The Kier molecular flexibility index (Phi) is 8.95. The average molecular weight is 578 g/mol. The number of ether oxygens (including phenoxy) is 1. The van der Waals surface area contributed by atoms with Crippen LogP contribution < -0.4 is 16.4 Å². The lowest BCUT2D eigenvalue weighted by Crippen LogP contribution is -2.45. The van der Waals surface area contributed by atoms with E-state index in [1.807, 2.05) is 29.5 Å². The van der Waals surface area contributed by atoms with Gasteiger partial charge in [-0.15, -0.1) is 0 Å². The molecule has 222 valence electrons. The van der Waals surface area contributed by atoms with E-state index in [4.69, 9.17) is 10.5 Å². The van der Waals surface area contributed by atoms with Crippen molar-refractivity contribution in [2.24, 2.45) is 11.7 Å². The maximum absolute atomic E-state index is 14.5. The Bertz CT molecular complexity index is 1510. The highest BCUT2D eigenvalue weighted by atomic mass is 19.1. The molecule has 3 unspecified atom stereocenters. The Morgan fingerprint density at radius 1 is 1.26 bits per heavy atom. The summed E-state index contributed by atoms with van der Waals surface area (Å²) in [4.78, 5) is 36.5. The summed E-state index contributed by atoms with van der Waals surface area (Å²) in [6.07, 6.45) is 8.64. The predicted molar refractivity (Wildman–Crippen MR) is 157 cm³/mol. The lowest BCUT2D eigenvalue weighted by Gasteiger charge is -2.32. The van der Waals surface area contributed by atoms with Gasteiger partial charge in [0.15, 0.2) is 11.5 Å². The van der Waals surface area contributed by atoms with Crippen LogP contribution in [0.3, 0.4) is 0 Å². The van der Waals surface area contributed by atoms with Gasteiger partial charge in [0.2, 0.25) is 5.91 Å². The quantitative estimate of drug-likeness (QED) is 0.303. The van der Waals surface area contributed by atoms with Crippen molar-refractivity contribution in [3.05, 3.63) is 71.8 Å². The minimum Gasteiger partial charge on any atom is -0.390 e. The lowest BCUT2D eigenvalue weighted by atomic mass is 9.95. The van der Waals surface area contributed by atoms with Gasteiger partial charge in [-0.05, 0) is 55.2 Å². The van der Waals surface area contributed by atoms with Gasteiger partial charge in [0.25, 0.3) is 5.91 Å². The number of nitrogens with one attached hydrogen (secondary N) is 2. The van der Waals surface area contributed by atoms with Gasteiger partial charge in [-0.3, -0.25) is 14.0 Å². The van der Waals surface area contributed by atoms with Gasteiger partial charge in [0.1, 0.15) is 12.3 Å². The first-order valence-electron chi connectivity index (χ1n) is 14.0. The van der Waals surface area contributed by atoms with Crippen LogP contribution in [-0.4, -0.2) is 87.9 Å². The molecule has 3 heterocycles. The zero-order valence-electron chi connectivity index (χ0n) is 23.7. The summed E-state index contributed by atoms with van der Waals surface area (Å²) in [5.74, 6) is 0.127. The molecule has 5 N–H and O–H groups in total. The summed E-state index contributed by atoms with van der Waals surface area (Å²) in [6.45, 7) is 3.05. The lowest BCUT2D eigenvalue weighted by molar-refractivity contribution is -0.126. The molecule has 42 heavy (non-hydrogen) atoms. The van der Waals surface area contributed by atoms with Crippen LogP contribution in [0.5, 0.6) is 0 Å². The molecule has 2 amide bonds. The molecule has 0 saturated carbocycles. The minimum absolute atomic E-state index is 0.0784. The number of rotatable bonds is 9. The van der Waals surface area contributed by atoms with Crippen LogP contribution in [0.15, 0.2) is 55.0 Å². The number of nitrogens with two attached hydrogens (primary N) is 1. The first-order chi connectivity index (χ1) is 20.3. The number of carbonyl (C=O) groups excluding carboxylic acids is 2. The molecule has 12 heteroatoms. The van der Waals surface area contributed by atoms with Crippen molar-refractivity contribution in [1.82, 2.24) is 24.6 Å². The number of halogens is 1. The molecule has 2 aliphatic rings. The van der Waals surface area contributed by atoms with Gasteiger partial charge >= 0.3 is 0 Å². The van der Waals surface area contributed by atoms with Crippen LogP contribution in [0.2, 0.25) is 0 Å². The first-order valence-corrected chi connectivity index (χ1v) is 14.0. The van der Waals surface area contributed by atoms with E-state index in [1.54, 1.807) is 35.6 Å². The highest BCUT2D eigenvalue weighted by Gasteiger charge is 2.28. The Balaban J connectivity index is 1.24. The van der Waals surface area contributed by atoms with E-state index in [2.05, 4.69) is 20.6 Å². The fraction of sp³-hybridized carbons (Fsp3) is 0.400. The molecule has 1 saturated heterocycles. The number of nitrogens with zero attached hydrogens (tertiary/aromatic N) is 4. The number of hydrogen-bond acceptors (Lipinski definition) is 8. The second-order valence-corrected chi connectivity index (χ2v) is 10.6. The monoisotopic (exact) mass is 577 g/mol. The molecule has 2 aromatic heterocycles. The first kappa shape index (κ1) is 29.4. The third kappa shape index (κ3) is 6.20. The molecule has 1 fully saturated rings. The van der Waals surface area contributed by atoms with Gasteiger partial charge in [0, 0.05) is 62.9 Å². The number of alkyl halides is 1. The van der Waals surface area contributed by atoms with Crippen molar-refractivity contribution in [2.45, 2.75) is 38.1 Å². The smallest absolute Gasteiger partial charge is 0.254 e. The highest BCUT2D eigenvalue weighted by molar-refractivity contribution is 5.96. The van der Waals surface area contributed by atoms with Crippen LogP contribution >= 0.6 is 0 Å². The second kappa shape index (κ2) is 12.8. The van der Waals surface area contributed by atoms with E-state index in [9.17, 15) is 19.1 Å². The molecule has 0 spiro atoms. The summed E-state index contributed by atoms with van der Waals surface area (Å²) in [5, 5.41) is 15.6. The van der Waals surface area contributed by atoms with Crippen LogP contribution in [0, 0.1) is 12.8 Å². The SMILES string of the molecule is COC1C=CC(c2cnc3c(Nc4ccc(C(=O)N5CCC(C(=O)NCC(O)CN)CC5)c(C)c4)nccn23)=CC1F. The molecule has 1 aliphatic heterocycles. The van der Waals surface area contributed by atoms with Crippen molar-refractivity contribution >= 4 is 34.5 Å². The standard InChI is InChI=1S/C30H36FN7O4/c1-18-13-21(4-5-23(18)30(41)37-10-7-19(8-11-37)29(40)35-16-22(39)15-32)36-27-28-34-17-25(38(28)12-9-33-27)20-3-6-26(42-2)24(31)14-20/h3-6,9,12-14,17,19,22,24,26,39H,7-8,10-11,15-16,32H2,1-2H3,(H,33,36)(H,35,40). The van der Waals surface area contributed by atoms with Crippen molar-refractivity contribution in [2.75, 3.05) is 38.6 Å². The van der Waals surface area contributed by atoms with E-state index in [1.165, 1.54) is 13.2 Å². The number of benzene rings is 1. The summed E-state index contributed by atoms with van der Waals surface area (Å²) in [6, 6.07) is 5.49. The number of imidazole rings is 1. The highest BCUT2D eigenvalue weighted by Crippen LogP contribution is 2.28. The molecular formula is C30H36FN7O4. The maximum Gasteiger partial charge on any atom is 0.254 e. The fourth-order valence-corrected chi connectivity index (χ4v) is 5.31. The van der Waals surface area contributed by atoms with E-state index >= 15 is 0 Å². The van der Waals surface area contributed by atoms with Crippen LogP contribution in [-0.2, 0) is 9.53 Å². The van der Waals surface area contributed by atoms with Gasteiger partial charge < -0.3 is 31.1 Å². The van der Waals surface area contributed by atoms with E-state index in [-0.39, 0.29) is 30.8 Å². The number of aliphatic hydroxyl groups is 1. The third-order valence-electron chi connectivity index (χ3n) is 7.77. The van der Waals surface area contributed by atoms with Crippen LogP contribution in [0.1, 0.15) is 34.5 Å². The van der Waals surface area contributed by atoms with Gasteiger partial charge in [-0.2, -0.15) is 0 Å². The Morgan fingerprint density at radius 2 is 2.05 bits per heavy atom. The third-order valence-corrected chi connectivity index (χ3v) is 7.77. The number of hydrogen-bond donors (Lipinski definition) is 4. The van der Waals surface area contributed by atoms with E-state index < -0.39 is 18.4 Å². The number of anilines is 2. The van der Waals surface area contributed by atoms with E-state index in [0.717, 1.165) is 16.9 Å². The zero-order chi connectivity index (χ0) is 29.8. The average Bonchev–Trinajstić information content (AvgIpc) is 3.45. The largest absolute Gasteiger partial charge is 0.390 e. The number of amides is 2. The summed E-state index contributed by atoms with van der Waals surface area (Å²) >= 11 is 0. The van der Waals surface area contributed by atoms with Crippen molar-refractivity contribution in [1.29, 1.82) is 0 Å². The van der Waals surface area contributed by atoms with Crippen molar-refractivity contribution < 1.29 is 23.8 Å². The summed E-state index contributed by atoms with van der Waals surface area (Å²) in [7, 11) is 1.48. The van der Waals surface area contributed by atoms with Crippen molar-refractivity contribution in [3.63, 3.8) is 0 Å². The van der Waals surface area contributed by atoms with Gasteiger partial charge in [-0.25, -0.2) is 14.4 Å². The summed E-state index contributed by atoms with van der Waals surface area (Å²) < 4.78 is 21.4. The molecule has 1 aliphatic carbocycles. The van der Waals surface area contributed by atoms with Gasteiger partial charge in [0.05, 0.1) is 18.0 Å². The minimum atomic E-state index is -1.25. The number of likely N-dealkylation sites (tertiary alicyclic amines) is 1. The summed E-state index contributed by atoms with van der Waals surface area (Å²) in [5.41, 5.74) is 9.54. The normalized spacial score (nSPS) is 19.9. The molecule has 11 nitrogen and oxygen atoms in total. The number of methoxy groups -OCH3 is 1. The fourth-order valence-electron chi connectivity index (χ4n) is 5.31. The Hall–Kier alpha value is -4.13. The molecule has 5 rings (SSSR count). The number of aliphatic hydroxyl groups excluding tert-OH is 1. The Morgan fingerprint density at radius 3 is 2.74 bits per heavy atom. The number of aromatic nitrogens is 3. The van der Waals surface area contributed by atoms with Crippen LogP contribution in [0.25, 0.3) is 11.2 Å². The van der Waals surface area contributed by atoms with Crippen molar-refractivity contribution in [3.8, 4) is 0 Å². The zero-order valence-corrected chi connectivity index (χ0v) is 23.7. The number of aryl methyl sites for hydroxylation is 1. The molecule has 0 radical (unpaired) electrons. The molecule has 0 bridgehead atoms. The number of piperidine rings is 1. The van der Waals surface area contributed by atoms with E-state index in [0.29, 0.717) is 48.5 Å². The maximum atomic E-state index is 14.5. The second-order valence-electron chi connectivity index (χ2n) is 10.6. The molecular weight excluding hydrogens is 541 g/mol. The molecule has 3 aromatic rings. The van der Waals surface area contributed by atoms with Crippen LogP contribution in [0.4, 0.5) is 15.9 Å². The molecule has 3 atom stereocenters. The topological polar surface area (TPSA) is 147 Å². The molecule has 1 aromatic carbocycles. The predicted octanol–water partition coefficient (Wildman–Crippen LogP) is 2.38. The Labute approximate surface area is 243 Å². The number of fused-ring (bicyclic) bond motifs is 1. The van der Waals surface area contributed by atoms with Gasteiger partial charge in [-0.1, -0.05) is 12.2 Å². The number of carbonyl (C=O) groups is 2. The number of allylic oxidation sites excluding steroid dienone is 2.